The number of carbonyl (C=O) groups excluding carboxylic acids is 1. The molecule has 0 spiro atoms. The molecule has 0 fully saturated rings. The van der Waals surface area contributed by atoms with Gasteiger partial charge in [0, 0.05) is 17.4 Å². The Bertz CT molecular complexity index is 829. The van der Waals surface area contributed by atoms with E-state index < -0.39 is 11.8 Å². The topological polar surface area (TPSA) is 82.5 Å². The van der Waals surface area contributed by atoms with Crippen LogP contribution in [0.2, 0.25) is 10.0 Å². The van der Waals surface area contributed by atoms with Crippen LogP contribution < -0.4 is 0 Å². The molecule has 0 aliphatic rings. The molecular weight excluding hydrogens is 347 g/mol. The second-order valence-corrected chi connectivity index (χ2v) is 6.20. The first kappa shape index (κ1) is 18.0. The van der Waals surface area contributed by atoms with E-state index in [9.17, 15) is 15.3 Å². The smallest absolute Gasteiger partial charge is 0.247 e. The largest absolute Gasteiger partial charge is 0.273 e. The molecule has 7 heteroatoms. The summed E-state index contributed by atoms with van der Waals surface area (Å²) in [5, 5.41) is 23.6. The monoisotopic (exact) mass is 360 g/mol. The van der Waals surface area contributed by atoms with E-state index in [2.05, 4.69) is 5.10 Å². The lowest BCUT2D eigenvalue weighted by Gasteiger charge is -2.17. The molecule has 122 valence electrons. The van der Waals surface area contributed by atoms with Crippen molar-refractivity contribution < 1.29 is 4.79 Å². The fourth-order valence-electron chi connectivity index (χ4n) is 2.49. The van der Waals surface area contributed by atoms with Gasteiger partial charge in [-0.25, -0.2) is 4.68 Å². The lowest BCUT2D eigenvalue weighted by molar-refractivity contribution is 0.0871. The number of aryl methyl sites for hydroxylation is 1. The van der Waals surface area contributed by atoms with Crippen molar-refractivity contribution in [3.63, 3.8) is 0 Å². The molecule has 0 aliphatic heterocycles. The number of rotatable bonds is 4. The van der Waals surface area contributed by atoms with Gasteiger partial charge in [-0.05, 0) is 31.5 Å². The maximum absolute atomic E-state index is 12.6. The maximum Gasteiger partial charge on any atom is 0.247 e. The van der Waals surface area contributed by atoms with Crippen LogP contribution in [0.5, 0.6) is 0 Å². The van der Waals surface area contributed by atoms with Crippen molar-refractivity contribution in [2.75, 3.05) is 0 Å². The number of nitriles is 2. The van der Waals surface area contributed by atoms with Crippen molar-refractivity contribution in [3.05, 3.63) is 51.3 Å². The number of hydrogen-bond acceptors (Lipinski definition) is 4. The summed E-state index contributed by atoms with van der Waals surface area (Å²) in [6.07, 6.45) is -0.0360. The van der Waals surface area contributed by atoms with Crippen LogP contribution in [0.15, 0.2) is 24.3 Å². The van der Waals surface area contributed by atoms with Crippen LogP contribution in [0.3, 0.4) is 0 Å². The third-order valence-corrected chi connectivity index (χ3v) is 4.61. The van der Waals surface area contributed by atoms with Crippen LogP contribution in [0.4, 0.5) is 0 Å². The van der Waals surface area contributed by atoms with Crippen molar-refractivity contribution in [2.45, 2.75) is 26.2 Å². The standard InChI is InChI=1S/C17H14Cl2N4O/c1-10-17(19)11(2)23(22-10)16(24)7-15(13(8-20)9-21)12-3-5-14(18)6-4-12/h3-6,13,15H,7H2,1-2H3. The second-order valence-electron chi connectivity index (χ2n) is 5.39. The molecule has 2 aromatic rings. The van der Waals surface area contributed by atoms with E-state index in [-0.39, 0.29) is 12.3 Å². The number of nitrogens with zero attached hydrogens (tertiary/aromatic N) is 4. The van der Waals surface area contributed by atoms with Gasteiger partial charge in [0.25, 0.3) is 0 Å². The number of benzene rings is 1. The number of halogens is 2. The molecule has 0 radical (unpaired) electrons. The van der Waals surface area contributed by atoms with Gasteiger partial charge in [0.05, 0.1) is 28.5 Å². The fraction of sp³-hybridized carbons (Fsp3) is 0.294. The molecule has 0 bridgehead atoms. The zero-order chi connectivity index (χ0) is 17.9. The molecule has 0 N–H and O–H groups in total. The van der Waals surface area contributed by atoms with Gasteiger partial charge in [0.2, 0.25) is 5.91 Å². The first-order valence-electron chi connectivity index (χ1n) is 7.18. The Hall–Kier alpha value is -2.34. The summed E-state index contributed by atoms with van der Waals surface area (Å²) in [4.78, 5) is 12.6. The summed E-state index contributed by atoms with van der Waals surface area (Å²) in [7, 11) is 0. The number of hydrogen-bond donors (Lipinski definition) is 0. The second kappa shape index (κ2) is 7.49. The van der Waals surface area contributed by atoms with Crippen LogP contribution >= 0.6 is 23.2 Å². The molecule has 2 rings (SSSR count). The molecular formula is C17H14Cl2N4O. The summed E-state index contributed by atoms with van der Waals surface area (Å²) >= 11 is 12.0. The van der Waals surface area contributed by atoms with E-state index in [0.29, 0.717) is 27.0 Å². The highest BCUT2D eigenvalue weighted by Gasteiger charge is 2.28. The molecule has 0 aliphatic carbocycles. The predicted molar refractivity (Wildman–Crippen MR) is 90.9 cm³/mol. The van der Waals surface area contributed by atoms with Gasteiger partial charge in [-0.1, -0.05) is 35.3 Å². The van der Waals surface area contributed by atoms with Crippen LogP contribution in [-0.2, 0) is 0 Å². The van der Waals surface area contributed by atoms with Crippen LogP contribution in [0.1, 0.15) is 34.1 Å². The van der Waals surface area contributed by atoms with Crippen LogP contribution in [0.25, 0.3) is 0 Å². The van der Waals surface area contributed by atoms with Crippen molar-refractivity contribution in [1.82, 2.24) is 9.78 Å². The summed E-state index contributed by atoms with van der Waals surface area (Å²) in [6, 6.07) is 10.7. The van der Waals surface area contributed by atoms with E-state index in [4.69, 9.17) is 23.2 Å². The van der Waals surface area contributed by atoms with Crippen molar-refractivity contribution in [2.24, 2.45) is 5.92 Å². The Kier molecular flexibility index (Phi) is 5.62. The third kappa shape index (κ3) is 3.59. The minimum Gasteiger partial charge on any atom is -0.273 e. The average molecular weight is 361 g/mol. The van der Waals surface area contributed by atoms with Crippen LogP contribution in [0, 0.1) is 42.4 Å². The average Bonchev–Trinajstić information content (AvgIpc) is 2.83. The minimum atomic E-state index is -0.956. The molecule has 0 saturated heterocycles. The molecule has 1 unspecified atom stereocenters. The van der Waals surface area contributed by atoms with E-state index in [1.54, 1.807) is 38.1 Å². The highest BCUT2D eigenvalue weighted by molar-refractivity contribution is 6.32. The Morgan fingerprint density at radius 3 is 2.25 bits per heavy atom. The van der Waals surface area contributed by atoms with E-state index in [1.165, 1.54) is 4.68 Å². The fourth-order valence-corrected chi connectivity index (χ4v) is 2.73. The highest BCUT2D eigenvalue weighted by Crippen LogP contribution is 2.30. The quantitative estimate of drug-likeness (QED) is 0.814. The Morgan fingerprint density at radius 2 is 1.79 bits per heavy atom. The summed E-state index contributed by atoms with van der Waals surface area (Å²) in [6.45, 7) is 3.41. The van der Waals surface area contributed by atoms with Gasteiger partial charge >= 0.3 is 0 Å². The van der Waals surface area contributed by atoms with Crippen molar-refractivity contribution in [1.29, 1.82) is 10.5 Å². The van der Waals surface area contributed by atoms with E-state index >= 15 is 0 Å². The molecule has 24 heavy (non-hydrogen) atoms. The van der Waals surface area contributed by atoms with Gasteiger partial charge in [-0.2, -0.15) is 15.6 Å². The van der Waals surface area contributed by atoms with Crippen molar-refractivity contribution >= 4 is 29.1 Å². The Labute approximate surface area is 150 Å². The lowest BCUT2D eigenvalue weighted by Crippen LogP contribution is -2.21. The van der Waals surface area contributed by atoms with Gasteiger partial charge in [-0.3, -0.25) is 4.79 Å². The zero-order valence-electron chi connectivity index (χ0n) is 13.1. The first-order valence-corrected chi connectivity index (χ1v) is 7.94. The minimum absolute atomic E-state index is 0.0360. The van der Waals surface area contributed by atoms with E-state index in [0.717, 1.165) is 0 Å². The highest BCUT2D eigenvalue weighted by atomic mass is 35.5. The van der Waals surface area contributed by atoms with Crippen molar-refractivity contribution in [3.8, 4) is 12.1 Å². The summed E-state index contributed by atoms with van der Waals surface area (Å²) in [5.41, 5.74) is 1.80. The zero-order valence-corrected chi connectivity index (χ0v) is 14.6. The predicted octanol–water partition coefficient (Wildman–Crippen LogP) is 4.28. The molecule has 1 aromatic carbocycles. The third-order valence-electron chi connectivity index (χ3n) is 3.81. The van der Waals surface area contributed by atoms with Gasteiger partial charge in [0.15, 0.2) is 0 Å². The molecule has 1 heterocycles. The summed E-state index contributed by atoms with van der Waals surface area (Å²) < 4.78 is 1.23. The van der Waals surface area contributed by atoms with Gasteiger partial charge in [-0.15, -0.1) is 0 Å². The molecule has 1 aromatic heterocycles. The van der Waals surface area contributed by atoms with Gasteiger partial charge < -0.3 is 0 Å². The van der Waals surface area contributed by atoms with Crippen LogP contribution in [-0.4, -0.2) is 15.7 Å². The Morgan fingerprint density at radius 1 is 1.21 bits per heavy atom. The SMILES string of the molecule is Cc1nn(C(=O)CC(c2ccc(Cl)cc2)C(C#N)C#N)c(C)c1Cl. The normalized spacial score (nSPS) is 11.8. The first-order chi connectivity index (χ1) is 11.4. The van der Waals surface area contributed by atoms with Gasteiger partial charge in [0.1, 0.15) is 5.92 Å². The molecule has 0 saturated carbocycles. The number of carbonyl (C=O) groups is 1. The molecule has 1 atom stereocenters. The molecule has 0 amide bonds. The maximum atomic E-state index is 12.6. The summed E-state index contributed by atoms with van der Waals surface area (Å²) in [5.74, 6) is -1.85. The molecule has 5 nitrogen and oxygen atoms in total. The Balaban J connectivity index is 2.36. The number of aromatic nitrogens is 2. The van der Waals surface area contributed by atoms with E-state index in [1.807, 2.05) is 12.1 Å². The lowest BCUT2D eigenvalue weighted by atomic mass is 9.85.